The second-order valence-corrected chi connectivity index (χ2v) is 6.25. The van der Waals surface area contributed by atoms with E-state index in [0.717, 1.165) is 42.0 Å². The molecule has 3 nitrogen and oxygen atoms in total. The number of hydrogen-bond donors (Lipinski definition) is 1. The number of aromatic nitrogens is 1. The van der Waals surface area contributed by atoms with Gasteiger partial charge in [0.05, 0.1) is 15.7 Å². The lowest BCUT2D eigenvalue weighted by atomic mass is 10.1. The van der Waals surface area contributed by atoms with Crippen LogP contribution in [0.3, 0.4) is 0 Å². The summed E-state index contributed by atoms with van der Waals surface area (Å²) in [6.07, 6.45) is 2.07. The molecule has 110 valence electrons. The number of fused-ring (bicyclic) bond motifs is 1. The molecule has 21 heavy (non-hydrogen) atoms. The number of nitrogens with zero attached hydrogens (tertiary/aromatic N) is 1. The predicted molar refractivity (Wildman–Crippen MR) is 88.8 cm³/mol. The third-order valence-electron chi connectivity index (χ3n) is 3.53. The van der Waals surface area contributed by atoms with Crippen molar-refractivity contribution in [2.24, 2.45) is 0 Å². The van der Waals surface area contributed by atoms with Crippen molar-refractivity contribution < 1.29 is 4.42 Å². The van der Waals surface area contributed by atoms with Crippen LogP contribution in [0, 0.1) is 0 Å². The lowest BCUT2D eigenvalue weighted by molar-refractivity contribution is 0.464. The van der Waals surface area contributed by atoms with E-state index in [-0.39, 0.29) is 0 Å². The molecule has 1 unspecified atom stereocenters. The molecular weight excluding hydrogens is 280 g/mol. The Morgan fingerprint density at radius 1 is 1.29 bits per heavy atom. The average molecular weight is 300 g/mol. The first kappa shape index (κ1) is 14.3. The monoisotopic (exact) mass is 300 g/mol. The maximum atomic E-state index is 5.99. The van der Waals surface area contributed by atoms with Crippen LogP contribution >= 0.6 is 11.3 Å². The summed E-state index contributed by atoms with van der Waals surface area (Å²) in [6, 6.07) is 10.8. The highest BCUT2D eigenvalue weighted by atomic mass is 32.1. The molecule has 0 fully saturated rings. The fourth-order valence-corrected chi connectivity index (χ4v) is 3.13. The van der Waals surface area contributed by atoms with Crippen molar-refractivity contribution in [1.82, 2.24) is 10.3 Å². The number of hydrogen-bond acceptors (Lipinski definition) is 4. The standard InChI is InChI=1S/C17H20N2OS/c1-3-8-18-12(2)9-14-5-7-16(20-14)13-4-6-15-17(10-13)21-11-19-15/h4-7,10-12,18H,3,8-9H2,1-2H3. The molecule has 0 saturated heterocycles. The lowest BCUT2D eigenvalue weighted by Gasteiger charge is -2.10. The van der Waals surface area contributed by atoms with Crippen LogP contribution in [0.1, 0.15) is 26.0 Å². The van der Waals surface area contributed by atoms with Crippen LogP contribution in [0.4, 0.5) is 0 Å². The van der Waals surface area contributed by atoms with Gasteiger partial charge in [0.2, 0.25) is 0 Å². The number of furan rings is 1. The van der Waals surface area contributed by atoms with E-state index in [4.69, 9.17) is 4.42 Å². The smallest absolute Gasteiger partial charge is 0.134 e. The average Bonchev–Trinajstić information content (AvgIpc) is 3.12. The summed E-state index contributed by atoms with van der Waals surface area (Å²) in [7, 11) is 0. The third-order valence-corrected chi connectivity index (χ3v) is 4.32. The molecule has 0 bridgehead atoms. The molecule has 0 aliphatic rings. The van der Waals surface area contributed by atoms with Crippen LogP contribution in [-0.2, 0) is 6.42 Å². The Morgan fingerprint density at radius 2 is 2.19 bits per heavy atom. The van der Waals surface area contributed by atoms with Crippen LogP contribution in [0.15, 0.2) is 40.3 Å². The zero-order valence-corrected chi connectivity index (χ0v) is 13.2. The molecule has 1 atom stereocenters. The molecule has 0 saturated carbocycles. The van der Waals surface area contributed by atoms with Gasteiger partial charge in [-0.2, -0.15) is 0 Å². The Hall–Kier alpha value is -1.65. The van der Waals surface area contributed by atoms with Gasteiger partial charge < -0.3 is 9.73 Å². The lowest BCUT2D eigenvalue weighted by Crippen LogP contribution is -2.28. The second-order valence-electron chi connectivity index (χ2n) is 5.36. The van der Waals surface area contributed by atoms with Gasteiger partial charge in [0, 0.05) is 18.0 Å². The van der Waals surface area contributed by atoms with Crippen molar-refractivity contribution >= 4 is 21.6 Å². The molecule has 0 radical (unpaired) electrons. The number of rotatable bonds is 6. The Labute approximate surface area is 129 Å². The van der Waals surface area contributed by atoms with Gasteiger partial charge >= 0.3 is 0 Å². The minimum atomic E-state index is 0.438. The van der Waals surface area contributed by atoms with Crippen molar-refractivity contribution in [1.29, 1.82) is 0 Å². The Kier molecular flexibility index (Phi) is 4.36. The number of benzene rings is 1. The highest BCUT2D eigenvalue weighted by Gasteiger charge is 2.09. The molecule has 2 heterocycles. The highest BCUT2D eigenvalue weighted by molar-refractivity contribution is 7.16. The molecule has 3 aromatic rings. The first-order valence-corrected chi connectivity index (χ1v) is 8.30. The van der Waals surface area contributed by atoms with E-state index in [1.54, 1.807) is 11.3 Å². The largest absolute Gasteiger partial charge is 0.461 e. The van der Waals surface area contributed by atoms with Gasteiger partial charge in [-0.05, 0) is 50.2 Å². The first-order chi connectivity index (χ1) is 10.3. The summed E-state index contributed by atoms with van der Waals surface area (Å²) in [6.45, 7) is 5.43. The summed E-state index contributed by atoms with van der Waals surface area (Å²) in [5.41, 5.74) is 4.04. The molecule has 0 aliphatic heterocycles. The van der Waals surface area contributed by atoms with E-state index in [0.29, 0.717) is 6.04 Å². The fraction of sp³-hybridized carbons (Fsp3) is 0.353. The van der Waals surface area contributed by atoms with E-state index in [1.165, 1.54) is 4.70 Å². The maximum Gasteiger partial charge on any atom is 0.134 e. The summed E-state index contributed by atoms with van der Waals surface area (Å²) in [4.78, 5) is 4.31. The zero-order valence-electron chi connectivity index (χ0n) is 12.4. The van der Waals surface area contributed by atoms with Crippen LogP contribution in [-0.4, -0.2) is 17.6 Å². The zero-order chi connectivity index (χ0) is 14.7. The molecule has 0 amide bonds. The summed E-state index contributed by atoms with van der Waals surface area (Å²) >= 11 is 1.66. The Bertz CT molecular complexity index is 716. The van der Waals surface area contributed by atoms with Gasteiger partial charge in [-0.3, -0.25) is 0 Å². The maximum absolute atomic E-state index is 5.99. The van der Waals surface area contributed by atoms with Crippen LogP contribution in [0.25, 0.3) is 21.5 Å². The van der Waals surface area contributed by atoms with Crippen LogP contribution in [0.5, 0.6) is 0 Å². The summed E-state index contributed by atoms with van der Waals surface area (Å²) < 4.78 is 7.19. The van der Waals surface area contributed by atoms with Gasteiger partial charge in [-0.25, -0.2) is 4.98 Å². The van der Waals surface area contributed by atoms with E-state index < -0.39 is 0 Å². The van der Waals surface area contributed by atoms with Crippen molar-refractivity contribution in [3.05, 3.63) is 41.6 Å². The van der Waals surface area contributed by atoms with Gasteiger partial charge in [0.25, 0.3) is 0 Å². The number of nitrogens with one attached hydrogen (secondary N) is 1. The van der Waals surface area contributed by atoms with Crippen molar-refractivity contribution in [3.8, 4) is 11.3 Å². The highest BCUT2D eigenvalue weighted by Crippen LogP contribution is 2.27. The minimum Gasteiger partial charge on any atom is -0.461 e. The van der Waals surface area contributed by atoms with Gasteiger partial charge in [0.15, 0.2) is 0 Å². The van der Waals surface area contributed by atoms with E-state index in [9.17, 15) is 0 Å². The van der Waals surface area contributed by atoms with E-state index >= 15 is 0 Å². The molecule has 1 aromatic carbocycles. The van der Waals surface area contributed by atoms with Crippen LogP contribution in [0.2, 0.25) is 0 Å². The fourth-order valence-electron chi connectivity index (χ4n) is 2.42. The normalized spacial score (nSPS) is 12.9. The predicted octanol–water partition coefficient (Wildman–Crippen LogP) is 4.49. The summed E-state index contributed by atoms with van der Waals surface area (Å²) in [5.74, 6) is 1.97. The topological polar surface area (TPSA) is 38.1 Å². The van der Waals surface area contributed by atoms with Gasteiger partial charge in [-0.1, -0.05) is 6.92 Å². The molecule has 0 spiro atoms. The second kappa shape index (κ2) is 6.41. The van der Waals surface area contributed by atoms with Gasteiger partial charge in [0.1, 0.15) is 11.5 Å². The SMILES string of the molecule is CCCNC(C)Cc1ccc(-c2ccc3ncsc3c2)o1. The molecule has 3 rings (SSSR count). The molecule has 1 N–H and O–H groups in total. The number of thiazole rings is 1. The van der Waals surface area contributed by atoms with Crippen LogP contribution < -0.4 is 5.32 Å². The Balaban J connectivity index is 1.74. The minimum absolute atomic E-state index is 0.438. The third kappa shape index (κ3) is 3.34. The van der Waals surface area contributed by atoms with Crippen molar-refractivity contribution in [2.75, 3.05) is 6.54 Å². The van der Waals surface area contributed by atoms with Crippen molar-refractivity contribution in [3.63, 3.8) is 0 Å². The quantitative estimate of drug-likeness (QED) is 0.729. The first-order valence-electron chi connectivity index (χ1n) is 7.42. The molecular formula is C17H20N2OS. The molecule has 2 aromatic heterocycles. The Morgan fingerprint density at radius 3 is 3.05 bits per heavy atom. The van der Waals surface area contributed by atoms with Crippen molar-refractivity contribution in [2.45, 2.75) is 32.7 Å². The van der Waals surface area contributed by atoms with E-state index in [2.05, 4.69) is 54.5 Å². The molecule has 0 aliphatic carbocycles. The summed E-state index contributed by atoms with van der Waals surface area (Å²) in [5, 5.41) is 3.48. The molecule has 4 heteroatoms. The van der Waals surface area contributed by atoms with Gasteiger partial charge in [-0.15, -0.1) is 11.3 Å². The van der Waals surface area contributed by atoms with E-state index in [1.807, 2.05) is 5.51 Å².